The molecule has 0 aliphatic heterocycles. The van der Waals surface area contributed by atoms with Gasteiger partial charge in [0, 0.05) is 11.6 Å². The van der Waals surface area contributed by atoms with E-state index in [1.54, 1.807) is 22.9 Å². The van der Waals surface area contributed by atoms with E-state index < -0.39 is 5.54 Å². The lowest BCUT2D eigenvalue weighted by Crippen LogP contribution is -2.37. The fourth-order valence-electron chi connectivity index (χ4n) is 2.33. The van der Waals surface area contributed by atoms with Crippen molar-refractivity contribution in [1.82, 2.24) is 20.2 Å². The Morgan fingerprint density at radius 2 is 2.18 bits per heavy atom. The molecule has 1 aromatic heterocycles. The summed E-state index contributed by atoms with van der Waals surface area (Å²) in [4.78, 5) is 12.0. The highest BCUT2D eigenvalue weighted by Crippen LogP contribution is 2.40. The van der Waals surface area contributed by atoms with Crippen molar-refractivity contribution in [3.63, 3.8) is 0 Å². The van der Waals surface area contributed by atoms with Gasteiger partial charge in [-0.3, -0.25) is 4.79 Å². The number of hydrogen-bond acceptors (Lipinski definition) is 5. The molecule has 7 nitrogen and oxygen atoms in total. The van der Waals surface area contributed by atoms with Gasteiger partial charge in [-0.05, 0) is 54.3 Å². The molecule has 2 aliphatic rings. The minimum atomic E-state index is -0.715. The number of amides is 1. The molecule has 1 heterocycles. The standard InChI is InChI=1S/C14H15ClN6O/c15-10-4-3-9(17-13(22)14(16)5-6-14)7-11(10)21-12(8-1-2-8)18-19-20-21/h3-4,7-8H,1-2,5-6,16H2,(H,17,22). The van der Waals surface area contributed by atoms with E-state index in [-0.39, 0.29) is 5.91 Å². The lowest BCUT2D eigenvalue weighted by Gasteiger charge is -2.12. The molecule has 2 fully saturated rings. The number of hydrogen-bond donors (Lipinski definition) is 2. The molecule has 114 valence electrons. The maximum Gasteiger partial charge on any atom is 0.244 e. The summed E-state index contributed by atoms with van der Waals surface area (Å²) in [5.74, 6) is 1.03. The van der Waals surface area contributed by atoms with Crippen molar-refractivity contribution in [3.05, 3.63) is 29.0 Å². The summed E-state index contributed by atoms with van der Waals surface area (Å²) in [6.45, 7) is 0. The minimum Gasteiger partial charge on any atom is -0.324 e. The molecule has 0 radical (unpaired) electrons. The van der Waals surface area contributed by atoms with Gasteiger partial charge in [0.2, 0.25) is 5.91 Å². The van der Waals surface area contributed by atoms with E-state index in [4.69, 9.17) is 17.3 Å². The average Bonchev–Trinajstić information content (AvgIpc) is 3.42. The Morgan fingerprint density at radius 1 is 1.41 bits per heavy atom. The SMILES string of the molecule is NC1(C(=O)Nc2ccc(Cl)c(-n3nnnc3C3CC3)c2)CC1. The molecule has 3 N–H and O–H groups in total. The highest BCUT2D eigenvalue weighted by atomic mass is 35.5. The second-order valence-corrected chi connectivity index (χ2v) is 6.41. The van der Waals surface area contributed by atoms with Crippen molar-refractivity contribution in [1.29, 1.82) is 0 Å². The van der Waals surface area contributed by atoms with E-state index >= 15 is 0 Å². The van der Waals surface area contributed by atoms with Crippen LogP contribution in [0.25, 0.3) is 5.69 Å². The smallest absolute Gasteiger partial charge is 0.244 e. The van der Waals surface area contributed by atoms with Gasteiger partial charge in [-0.1, -0.05) is 11.6 Å². The van der Waals surface area contributed by atoms with E-state index in [1.165, 1.54) is 0 Å². The van der Waals surface area contributed by atoms with E-state index in [1.807, 2.05) is 0 Å². The first kappa shape index (κ1) is 13.7. The number of halogens is 1. The Balaban J connectivity index is 1.66. The fraction of sp³-hybridized carbons (Fsp3) is 0.429. The van der Waals surface area contributed by atoms with E-state index in [2.05, 4.69) is 20.8 Å². The third-order valence-corrected chi connectivity index (χ3v) is 4.43. The molecule has 1 amide bonds. The van der Waals surface area contributed by atoms with Gasteiger partial charge in [-0.2, -0.15) is 4.68 Å². The van der Waals surface area contributed by atoms with Gasteiger partial charge in [0.15, 0.2) is 5.82 Å². The van der Waals surface area contributed by atoms with Crippen LogP contribution in [0.3, 0.4) is 0 Å². The number of benzene rings is 1. The van der Waals surface area contributed by atoms with Crippen molar-refractivity contribution in [2.75, 3.05) is 5.32 Å². The molecular weight excluding hydrogens is 304 g/mol. The van der Waals surface area contributed by atoms with Crippen LogP contribution in [0, 0.1) is 0 Å². The molecule has 0 saturated heterocycles. The minimum absolute atomic E-state index is 0.167. The number of nitrogens with one attached hydrogen (secondary N) is 1. The molecule has 8 heteroatoms. The van der Waals surface area contributed by atoms with Crippen molar-refractivity contribution in [2.45, 2.75) is 37.1 Å². The lowest BCUT2D eigenvalue weighted by atomic mass is 10.2. The average molecular weight is 319 g/mol. The summed E-state index contributed by atoms with van der Waals surface area (Å²) in [6.07, 6.45) is 3.62. The van der Waals surface area contributed by atoms with E-state index in [9.17, 15) is 4.79 Å². The van der Waals surface area contributed by atoms with Gasteiger partial charge in [-0.25, -0.2) is 0 Å². The zero-order valence-electron chi connectivity index (χ0n) is 11.8. The van der Waals surface area contributed by atoms with Crippen molar-refractivity contribution < 1.29 is 4.79 Å². The number of carbonyl (C=O) groups is 1. The molecule has 4 rings (SSSR count). The lowest BCUT2D eigenvalue weighted by molar-refractivity contribution is -0.118. The van der Waals surface area contributed by atoms with Crippen molar-refractivity contribution in [3.8, 4) is 5.69 Å². The molecule has 0 atom stereocenters. The van der Waals surface area contributed by atoms with Crippen LogP contribution in [0.15, 0.2) is 18.2 Å². The molecular formula is C14H15ClN6O. The summed E-state index contributed by atoms with van der Waals surface area (Å²) < 4.78 is 1.64. The Labute approximate surface area is 131 Å². The Hall–Kier alpha value is -1.99. The maximum atomic E-state index is 12.0. The number of nitrogens with zero attached hydrogens (tertiary/aromatic N) is 4. The summed E-state index contributed by atoms with van der Waals surface area (Å²) in [5, 5.41) is 15.2. The normalized spacial score (nSPS) is 19.0. The molecule has 0 unspecified atom stereocenters. The van der Waals surface area contributed by atoms with Crippen LogP contribution in [0.5, 0.6) is 0 Å². The third-order valence-electron chi connectivity index (χ3n) is 4.11. The summed E-state index contributed by atoms with van der Waals surface area (Å²) in [5.41, 5.74) is 6.48. The fourth-order valence-corrected chi connectivity index (χ4v) is 2.53. The van der Waals surface area contributed by atoms with Gasteiger partial charge >= 0.3 is 0 Å². The van der Waals surface area contributed by atoms with Gasteiger partial charge in [0.1, 0.15) is 0 Å². The second kappa shape index (κ2) is 4.76. The number of aromatic nitrogens is 4. The zero-order valence-corrected chi connectivity index (χ0v) is 12.5. The predicted octanol–water partition coefficient (Wildman–Crippen LogP) is 1.62. The van der Waals surface area contributed by atoms with E-state index in [0.717, 1.165) is 31.5 Å². The molecule has 2 aromatic rings. The first-order chi connectivity index (χ1) is 10.6. The summed E-state index contributed by atoms with van der Waals surface area (Å²) in [7, 11) is 0. The van der Waals surface area contributed by atoms with Gasteiger partial charge in [-0.15, -0.1) is 5.10 Å². The van der Waals surface area contributed by atoms with Crippen LogP contribution in [0.4, 0.5) is 5.69 Å². The summed E-state index contributed by atoms with van der Waals surface area (Å²) >= 11 is 6.27. The number of carbonyl (C=O) groups excluding carboxylic acids is 1. The van der Waals surface area contributed by atoms with Crippen LogP contribution in [-0.4, -0.2) is 31.7 Å². The molecule has 22 heavy (non-hydrogen) atoms. The van der Waals surface area contributed by atoms with Crippen molar-refractivity contribution in [2.24, 2.45) is 5.73 Å². The Morgan fingerprint density at radius 3 is 2.86 bits per heavy atom. The highest BCUT2D eigenvalue weighted by Gasteiger charge is 2.46. The van der Waals surface area contributed by atoms with Gasteiger partial charge in [0.05, 0.1) is 16.2 Å². The summed E-state index contributed by atoms with van der Waals surface area (Å²) in [6, 6.07) is 5.24. The largest absolute Gasteiger partial charge is 0.324 e. The Bertz CT molecular complexity index is 750. The molecule has 2 aliphatic carbocycles. The van der Waals surface area contributed by atoms with Crippen molar-refractivity contribution >= 4 is 23.2 Å². The van der Waals surface area contributed by atoms with Crippen LogP contribution < -0.4 is 11.1 Å². The predicted molar refractivity (Wildman–Crippen MR) is 80.9 cm³/mol. The number of rotatable bonds is 4. The van der Waals surface area contributed by atoms with E-state index in [0.29, 0.717) is 22.3 Å². The molecule has 0 bridgehead atoms. The van der Waals surface area contributed by atoms with Crippen LogP contribution in [-0.2, 0) is 4.79 Å². The first-order valence-corrected chi connectivity index (χ1v) is 7.63. The third kappa shape index (κ3) is 2.36. The van der Waals surface area contributed by atoms with Gasteiger partial charge < -0.3 is 11.1 Å². The highest BCUT2D eigenvalue weighted by molar-refractivity contribution is 6.32. The number of tetrazole rings is 1. The Kier molecular flexibility index (Phi) is 2.95. The number of nitrogens with two attached hydrogens (primary N) is 1. The topological polar surface area (TPSA) is 98.7 Å². The van der Waals surface area contributed by atoms with Crippen LogP contribution >= 0.6 is 11.6 Å². The second-order valence-electron chi connectivity index (χ2n) is 6.00. The van der Waals surface area contributed by atoms with Crippen LogP contribution in [0.1, 0.15) is 37.4 Å². The van der Waals surface area contributed by atoms with Crippen LogP contribution in [0.2, 0.25) is 5.02 Å². The molecule has 1 aromatic carbocycles. The maximum absolute atomic E-state index is 12.0. The zero-order chi connectivity index (χ0) is 15.3. The quantitative estimate of drug-likeness (QED) is 0.892. The number of anilines is 1. The first-order valence-electron chi connectivity index (χ1n) is 7.25. The van der Waals surface area contributed by atoms with Gasteiger partial charge in [0.25, 0.3) is 0 Å². The molecule has 2 saturated carbocycles. The molecule has 0 spiro atoms. The monoisotopic (exact) mass is 318 g/mol.